The van der Waals surface area contributed by atoms with Gasteiger partial charge in [-0.25, -0.2) is 0 Å². The zero-order valence-corrected chi connectivity index (χ0v) is 11.4. The summed E-state index contributed by atoms with van der Waals surface area (Å²) in [5.74, 6) is -0.253. The van der Waals surface area contributed by atoms with E-state index >= 15 is 0 Å². The molecule has 5 heteroatoms. The first-order valence-electron chi connectivity index (χ1n) is 6.50. The molecule has 1 aromatic rings. The fourth-order valence-electron chi connectivity index (χ4n) is 3.04. The molecule has 1 aliphatic rings. The van der Waals surface area contributed by atoms with Crippen LogP contribution in [0.15, 0.2) is 6.07 Å². The van der Waals surface area contributed by atoms with Crippen LogP contribution in [0.25, 0.3) is 0 Å². The van der Waals surface area contributed by atoms with Crippen molar-refractivity contribution in [2.75, 3.05) is 7.05 Å². The van der Waals surface area contributed by atoms with Crippen LogP contribution in [-0.4, -0.2) is 28.3 Å². The second kappa shape index (κ2) is 4.72. The Hall–Kier alpha value is -1.36. The van der Waals surface area contributed by atoms with Gasteiger partial charge in [0, 0.05) is 5.69 Å². The van der Waals surface area contributed by atoms with Gasteiger partial charge in [-0.2, -0.15) is 5.10 Å². The van der Waals surface area contributed by atoms with Crippen LogP contribution in [0, 0.1) is 13.8 Å². The van der Waals surface area contributed by atoms with Crippen molar-refractivity contribution in [2.24, 2.45) is 5.73 Å². The summed E-state index contributed by atoms with van der Waals surface area (Å²) in [7, 11) is 1.81. The minimum Gasteiger partial charge on any atom is -0.368 e. The maximum Gasteiger partial charge on any atom is 0.237 e. The molecular formula is C13H22N4O. The highest BCUT2D eigenvalue weighted by atomic mass is 16.1. The summed E-state index contributed by atoms with van der Waals surface area (Å²) < 4.78 is 2.05. The van der Waals surface area contributed by atoms with E-state index in [4.69, 9.17) is 5.73 Å². The second-order valence-corrected chi connectivity index (χ2v) is 5.32. The molecule has 2 unspecified atom stereocenters. The van der Waals surface area contributed by atoms with Crippen molar-refractivity contribution >= 4 is 5.91 Å². The van der Waals surface area contributed by atoms with Gasteiger partial charge in [0.1, 0.15) is 0 Å². The van der Waals surface area contributed by atoms with Crippen LogP contribution >= 0.6 is 0 Å². The number of hydrogen-bond donors (Lipinski definition) is 2. The summed E-state index contributed by atoms with van der Waals surface area (Å²) in [6.45, 7) is 4.05. The molecule has 0 saturated heterocycles. The maximum atomic E-state index is 11.7. The third-order valence-corrected chi connectivity index (χ3v) is 4.07. The van der Waals surface area contributed by atoms with E-state index in [0.29, 0.717) is 0 Å². The van der Waals surface area contributed by atoms with Gasteiger partial charge < -0.3 is 11.1 Å². The molecule has 1 fully saturated rings. The monoisotopic (exact) mass is 250 g/mol. The Morgan fingerprint density at radius 2 is 2.33 bits per heavy atom. The SMILES string of the molecule is CNC1(C(N)=O)CCCC(n2nc(C)cc2C)C1. The third kappa shape index (κ3) is 2.14. The van der Waals surface area contributed by atoms with E-state index < -0.39 is 5.54 Å². The topological polar surface area (TPSA) is 72.9 Å². The van der Waals surface area contributed by atoms with Crippen molar-refractivity contribution in [3.05, 3.63) is 17.5 Å². The molecule has 0 spiro atoms. The lowest BCUT2D eigenvalue weighted by Gasteiger charge is -2.38. The van der Waals surface area contributed by atoms with Crippen LogP contribution in [0.1, 0.15) is 43.1 Å². The molecule has 1 aliphatic carbocycles. The van der Waals surface area contributed by atoms with E-state index in [0.717, 1.165) is 37.1 Å². The van der Waals surface area contributed by atoms with E-state index in [-0.39, 0.29) is 11.9 Å². The predicted octanol–water partition coefficient (Wildman–Crippen LogP) is 1.06. The van der Waals surface area contributed by atoms with Crippen LogP contribution in [0.4, 0.5) is 0 Å². The molecule has 0 aromatic carbocycles. The van der Waals surface area contributed by atoms with Crippen molar-refractivity contribution in [2.45, 2.75) is 51.1 Å². The van der Waals surface area contributed by atoms with E-state index in [1.165, 1.54) is 0 Å². The molecule has 1 aromatic heterocycles. The molecule has 0 radical (unpaired) electrons. The van der Waals surface area contributed by atoms with E-state index in [1.807, 2.05) is 18.7 Å². The first-order valence-corrected chi connectivity index (χ1v) is 6.50. The number of carbonyl (C=O) groups is 1. The Morgan fingerprint density at radius 1 is 1.61 bits per heavy atom. The third-order valence-electron chi connectivity index (χ3n) is 4.07. The number of nitrogens with two attached hydrogens (primary N) is 1. The van der Waals surface area contributed by atoms with Gasteiger partial charge in [0.15, 0.2) is 0 Å². The second-order valence-electron chi connectivity index (χ2n) is 5.32. The molecule has 100 valence electrons. The largest absolute Gasteiger partial charge is 0.368 e. The van der Waals surface area contributed by atoms with Crippen molar-refractivity contribution in [1.29, 1.82) is 0 Å². The number of aromatic nitrogens is 2. The van der Waals surface area contributed by atoms with Gasteiger partial charge in [-0.15, -0.1) is 0 Å². The van der Waals surface area contributed by atoms with Crippen molar-refractivity contribution < 1.29 is 4.79 Å². The average Bonchev–Trinajstić information content (AvgIpc) is 2.68. The van der Waals surface area contributed by atoms with Crippen molar-refractivity contribution in [3.8, 4) is 0 Å². The first-order chi connectivity index (χ1) is 8.48. The lowest BCUT2D eigenvalue weighted by atomic mass is 9.78. The highest BCUT2D eigenvalue weighted by Gasteiger charge is 2.41. The predicted molar refractivity (Wildman–Crippen MR) is 70.2 cm³/mol. The fraction of sp³-hybridized carbons (Fsp3) is 0.692. The molecular weight excluding hydrogens is 228 g/mol. The summed E-state index contributed by atoms with van der Waals surface area (Å²) in [5.41, 5.74) is 7.16. The number of likely N-dealkylation sites (N-methyl/N-ethyl adjacent to an activating group) is 1. The fourth-order valence-corrected chi connectivity index (χ4v) is 3.04. The number of carbonyl (C=O) groups excluding carboxylic acids is 1. The smallest absolute Gasteiger partial charge is 0.237 e. The van der Waals surface area contributed by atoms with Crippen LogP contribution in [0.3, 0.4) is 0 Å². The number of nitrogens with zero attached hydrogens (tertiary/aromatic N) is 2. The lowest BCUT2D eigenvalue weighted by Crippen LogP contribution is -2.56. The average molecular weight is 250 g/mol. The molecule has 1 heterocycles. The highest BCUT2D eigenvalue weighted by Crippen LogP contribution is 2.35. The summed E-state index contributed by atoms with van der Waals surface area (Å²) in [6.07, 6.45) is 3.58. The number of amides is 1. The standard InChI is InChI=1S/C13H22N4O/c1-9-7-10(2)17(16-9)11-5-4-6-13(8-11,15-3)12(14)18/h7,11,15H,4-6,8H2,1-3H3,(H2,14,18). The first kappa shape index (κ1) is 13.1. The molecule has 2 atom stereocenters. The summed E-state index contributed by atoms with van der Waals surface area (Å²) >= 11 is 0. The molecule has 1 saturated carbocycles. The Kier molecular flexibility index (Phi) is 3.43. The van der Waals surface area contributed by atoms with E-state index in [2.05, 4.69) is 23.4 Å². The van der Waals surface area contributed by atoms with Crippen molar-refractivity contribution in [3.63, 3.8) is 0 Å². The summed E-state index contributed by atoms with van der Waals surface area (Å²) in [4.78, 5) is 11.7. The lowest BCUT2D eigenvalue weighted by molar-refractivity contribution is -0.126. The number of nitrogens with one attached hydrogen (secondary N) is 1. The Bertz CT molecular complexity index is 454. The molecule has 0 bridgehead atoms. The molecule has 5 nitrogen and oxygen atoms in total. The normalized spacial score (nSPS) is 28.3. The van der Waals surface area contributed by atoms with Crippen molar-refractivity contribution in [1.82, 2.24) is 15.1 Å². The molecule has 1 amide bonds. The van der Waals surface area contributed by atoms with Gasteiger partial charge in [-0.1, -0.05) is 0 Å². The molecule has 2 rings (SSSR count). The minimum atomic E-state index is -0.574. The Balaban J connectivity index is 2.26. The summed E-state index contributed by atoms with van der Waals surface area (Å²) in [6, 6.07) is 2.33. The Labute approximate surface area is 108 Å². The number of aryl methyl sites for hydroxylation is 2. The van der Waals surface area contributed by atoms with Gasteiger partial charge in [-0.05, 0) is 52.6 Å². The quantitative estimate of drug-likeness (QED) is 0.842. The van der Waals surface area contributed by atoms with Gasteiger partial charge >= 0.3 is 0 Å². The van der Waals surface area contributed by atoms with Crippen LogP contribution in [0.5, 0.6) is 0 Å². The van der Waals surface area contributed by atoms with Crippen LogP contribution in [-0.2, 0) is 4.79 Å². The van der Waals surface area contributed by atoms with Crippen LogP contribution < -0.4 is 11.1 Å². The van der Waals surface area contributed by atoms with Gasteiger partial charge in [-0.3, -0.25) is 9.48 Å². The summed E-state index contributed by atoms with van der Waals surface area (Å²) in [5, 5.41) is 7.66. The number of primary amides is 1. The molecule has 18 heavy (non-hydrogen) atoms. The zero-order chi connectivity index (χ0) is 13.3. The number of hydrogen-bond acceptors (Lipinski definition) is 3. The molecule has 0 aliphatic heterocycles. The van der Waals surface area contributed by atoms with Crippen LogP contribution in [0.2, 0.25) is 0 Å². The number of rotatable bonds is 3. The van der Waals surface area contributed by atoms with Gasteiger partial charge in [0.2, 0.25) is 5.91 Å². The zero-order valence-electron chi connectivity index (χ0n) is 11.4. The minimum absolute atomic E-state index is 0.253. The van der Waals surface area contributed by atoms with E-state index in [9.17, 15) is 4.79 Å². The Morgan fingerprint density at radius 3 is 2.83 bits per heavy atom. The van der Waals surface area contributed by atoms with Gasteiger partial charge in [0.25, 0.3) is 0 Å². The van der Waals surface area contributed by atoms with Gasteiger partial charge in [0.05, 0.1) is 17.3 Å². The highest BCUT2D eigenvalue weighted by molar-refractivity contribution is 5.84. The van der Waals surface area contributed by atoms with E-state index in [1.54, 1.807) is 0 Å². The molecule has 3 N–H and O–H groups in total. The maximum absolute atomic E-state index is 11.7.